The number of rotatable bonds is 3. The van der Waals surface area contributed by atoms with Crippen LogP contribution >= 0.6 is 15.9 Å². The van der Waals surface area contributed by atoms with Crippen molar-refractivity contribution in [3.63, 3.8) is 0 Å². The van der Waals surface area contributed by atoms with E-state index >= 15 is 0 Å². The maximum atomic E-state index is 13.9. The second-order valence-corrected chi connectivity index (χ2v) is 7.18. The van der Waals surface area contributed by atoms with E-state index in [0.29, 0.717) is 28.7 Å². The first kappa shape index (κ1) is 17.9. The Hall–Kier alpha value is -2.45. The van der Waals surface area contributed by atoms with E-state index < -0.39 is 5.82 Å². The number of morpholine rings is 1. The summed E-state index contributed by atoms with van der Waals surface area (Å²) in [5.41, 5.74) is 2.44. The minimum absolute atomic E-state index is 0.160. The molecular formula is C19H18BrFN4O2. The minimum atomic E-state index is -0.423. The molecule has 0 unspecified atom stereocenters. The van der Waals surface area contributed by atoms with Crippen LogP contribution in [0.25, 0.3) is 11.0 Å². The monoisotopic (exact) mass is 432 g/mol. The number of anilines is 3. The number of para-hydroxylation sites is 2. The quantitative estimate of drug-likeness (QED) is 0.686. The predicted octanol–water partition coefficient (Wildman–Crippen LogP) is 3.42. The van der Waals surface area contributed by atoms with Gasteiger partial charge in [-0.3, -0.25) is 4.79 Å². The SMILES string of the molecule is Cn1c(=O)c(Nc2ccccc2N2CCOCC2)nc2cc(F)c(Br)cc21. The van der Waals surface area contributed by atoms with E-state index in [0.717, 1.165) is 24.5 Å². The van der Waals surface area contributed by atoms with Crippen molar-refractivity contribution in [1.29, 1.82) is 0 Å². The number of aryl methyl sites for hydroxylation is 1. The Balaban J connectivity index is 1.77. The molecule has 2 heterocycles. The molecular weight excluding hydrogens is 415 g/mol. The van der Waals surface area contributed by atoms with Gasteiger partial charge in [0, 0.05) is 26.2 Å². The van der Waals surface area contributed by atoms with Crippen LogP contribution in [0.4, 0.5) is 21.6 Å². The third-order valence-electron chi connectivity index (χ3n) is 4.63. The average Bonchev–Trinajstić information content (AvgIpc) is 2.69. The van der Waals surface area contributed by atoms with Crippen molar-refractivity contribution in [2.45, 2.75) is 0 Å². The molecule has 1 N–H and O–H groups in total. The number of halogens is 2. The molecule has 0 atom stereocenters. The largest absolute Gasteiger partial charge is 0.378 e. The summed E-state index contributed by atoms with van der Waals surface area (Å²) in [5.74, 6) is -0.263. The normalized spacial score (nSPS) is 14.6. The molecule has 8 heteroatoms. The molecule has 0 aliphatic carbocycles. The van der Waals surface area contributed by atoms with Gasteiger partial charge in [-0.25, -0.2) is 9.37 Å². The first-order valence-corrected chi connectivity index (χ1v) is 9.38. The molecule has 1 fully saturated rings. The lowest BCUT2D eigenvalue weighted by Crippen LogP contribution is -2.36. The molecule has 2 aromatic carbocycles. The van der Waals surface area contributed by atoms with Gasteiger partial charge in [0.05, 0.1) is 40.1 Å². The van der Waals surface area contributed by atoms with Crippen LogP contribution < -0.4 is 15.8 Å². The van der Waals surface area contributed by atoms with Gasteiger partial charge in [0.1, 0.15) is 5.82 Å². The molecule has 0 spiro atoms. The molecule has 1 saturated heterocycles. The van der Waals surface area contributed by atoms with E-state index in [2.05, 4.69) is 31.1 Å². The molecule has 0 radical (unpaired) electrons. The van der Waals surface area contributed by atoms with Crippen LogP contribution in [0.1, 0.15) is 0 Å². The zero-order chi connectivity index (χ0) is 19.0. The van der Waals surface area contributed by atoms with E-state index in [1.807, 2.05) is 24.3 Å². The number of fused-ring (bicyclic) bond motifs is 1. The number of ether oxygens (including phenoxy) is 1. The van der Waals surface area contributed by atoms with Crippen molar-refractivity contribution in [3.05, 3.63) is 57.0 Å². The van der Waals surface area contributed by atoms with Crippen LogP contribution in [0.5, 0.6) is 0 Å². The van der Waals surface area contributed by atoms with Crippen molar-refractivity contribution in [2.24, 2.45) is 7.05 Å². The van der Waals surface area contributed by atoms with Crippen LogP contribution in [0.2, 0.25) is 0 Å². The molecule has 3 aromatic rings. The van der Waals surface area contributed by atoms with Crippen LogP contribution in [-0.4, -0.2) is 35.9 Å². The Labute approximate surface area is 163 Å². The van der Waals surface area contributed by atoms with E-state index in [4.69, 9.17) is 4.74 Å². The van der Waals surface area contributed by atoms with Gasteiger partial charge in [-0.15, -0.1) is 0 Å². The van der Waals surface area contributed by atoms with Crippen LogP contribution in [0, 0.1) is 5.82 Å². The second-order valence-electron chi connectivity index (χ2n) is 6.32. The highest BCUT2D eigenvalue weighted by Gasteiger charge is 2.17. The van der Waals surface area contributed by atoms with Crippen LogP contribution in [0.15, 0.2) is 45.7 Å². The Morgan fingerprint density at radius 2 is 1.96 bits per heavy atom. The topological polar surface area (TPSA) is 59.4 Å². The van der Waals surface area contributed by atoms with Gasteiger partial charge in [0.2, 0.25) is 0 Å². The van der Waals surface area contributed by atoms with Gasteiger partial charge in [0.25, 0.3) is 5.56 Å². The van der Waals surface area contributed by atoms with Crippen molar-refractivity contribution in [2.75, 3.05) is 36.5 Å². The molecule has 0 bridgehead atoms. The van der Waals surface area contributed by atoms with Gasteiger partial charge < -0.3 is 19.5 Å². The fourth-order valence-electron chi connectivity index (χ4n) is 3.19. The van der Waals surface area contributed by atoms with Crippen molar-refractivity contribution in [3.8, 4) is 0 Å². The summed E-state index contributed by atoms with van der Waals surface area (Å²) in [5, 5.41) is 3.14. The molecule has 0 amide bonds. The Morgan fingerprint density at radius 1 is 1.22 bits per heavy atom. The average molecular weight is 433 g/mol. The van der Waals surface area contributed by atoms with Crippen LogP contribution in [-0.2, 0) is 11.8 Å². The lowest BCUT2D eigenvalue weighted by molar-refractivity contribution is 0.123. The second kappa shape index (κ2) is 7.28. The van der Waals surface area contributed by atoms with E-state index in [1.54, 1.807) is 13.1 Å². The van der Waals surface area contributed by atoms with Gasteiger partial charge in [-0.2, -0.15) is 0 Å². The van der Waals surface area contributed by atoms with Crippen molar-refractivity contribution < 1.29 is 9.13 Å². The van der Waals surface area contributed by atoms with Crippen molar-refractivity contribution >= 4 is 44.2 Å². The highest BCUT2D eigenvalue weighted by atomic mass is 79.9. The Morgan fingerprint density at radius 3 is 2.74 bits per heavy atom. The standard InChI is InChI=1S/C19H18BrFN4O2/c1-24-17-10-12(20)13(21)11-15(17)23-18(19(24)26)22-14-4-2-3-5-16(14)25-6-8-27-9-7-25/h2-5,10-11H,6-9H2,1H3,(H,22,23). The van der Waals surface area contributed by atoms with Crippen LogP contribution in [0.3, 0.4) is 0 Å². The summed E-state index contributed by atoms with van der Waals surface area (Å²) in [4.78, 5) is 19.3. The molecule has 1 aliphatic rings. The summed E-state index contributed by atoms with van der Waals surface area (Å²) < 4.78 is 21.1. The smallest absolute Gasteiger partial charge is 0.293 e. The van der Waals surface area contributed by atoms with Gasteiger partial charge in [0.15, 0.2) is 5.82 Å². The summed E-state index contributed by atoms with van der Waals surface area (Å²) in [6, 6.07) is 10.6. The highest BCUT2D eigenvalue weighted by molar-refractivity contribution is 9.10. The molecule has 6 nitrogen and oxygen atoms in total. The third kappa shape index (κ3) is 3.42. The number of aromatic nitrogens is 2. The summed E-state index contributed by atoms with van der Waals surface area (Å²) in [6.45, 7) is 2.89. The van der Waals surface area contributed by atoms with E-state index in [1.165, 1.54) is 10.6 Å². The minimum Gasteiger partial charge on any atom is -0.378 e. The first-order chi connectivity index (χ1) is 13.0. The fraction of sp³-hybridized carbons (Fsp3) is 0.263. The maximum Gasteiger partial charge on any atom is 0.293 e. The van der Waals surface area contributed by atoms with Gasteiger partial charge >= 0.3 is 0 Å². The third-order valence-corrected chi connectivity index (χ3v) is 5.23. The predicted molar refractivity (Wildman–Crippen MR) is 107 cm³/mol. The zero-order valence-electron chi connectivity index (χ0n) is 14.7. The summed E-state index contributed by atoms with van der Waals surface area (Å²) in [7, 11) is 1.65. The lowest BCUT2D eigenvalue weighted by Gasteiger charge is -2.30. The number of benzene rings is 2. The number of hydrogen-bond acceptors (Lipinski definition) is 5. The highest BCUT2D eigenvalue weighted by Crippen LogP contribution is 2.29. The Bertz CT molecular complexity index is 1060. The van der Waals surface area contributed by atoms with E-state index in [9.17, 15) is 9.18 Å². The van der Waals surface area contributed by atoms with E-state index in [-0.39, 0.29) is 11.4 Å². The van der Waals surface area contributed by atoms with Crippen molar-refractivity contribution in [1.82, 2.24) is 9.55 Å². The molecule has 0 saturated carbocycles. The summed E-state index contributed by atoms with van der Waals surface area (Å²) in [6.07, 6.45) is 0. The van der Waals surface area contributed by atoms with Gasteiger partial charge in [-0.1, -0.05) is 12.1 Å². The first-order valence-electron chi connectivity index (χ1n) is 8.59. The summed E-state index contributed by atoms with van der Waals surface area (Å²) >= 11 is 3.15. The zero-order valence-corrected chi connectivity index (χ0v) is 16.3. The van der Waals surface area contributed by atoms with Gasteiger partial charge in [-0.05, 0) is 34.1 Å². The number of nitrogens with one attached hydrogen (secondary N) is 1. The molecule has 1 aromatic heterocycles. The molecule has 1 aliphatic heterocycles. The Kier molecular flexibility index (Phi) is 4.84. The lowest BCUT2D eigenvalue weighted by atomic mass is 10.2. The molecule has 27 heavy (non-hydrogen) atoms. The fourth-order valence-corrected chi connectivity index (χ4v) is 3.52. The number of nitrogens with zero attached hydrogens (tertiary/aromatic N) is 3. The molecule has 4 rings (SSSR count). The maximum absolute atomic E-state index is 13.9. The molecule has 140 valence electrons. The number of hydrogen-bond donors (Lipinski definition) is 1.